The summed E-state index contributed by atoms with van der Waals surface area (Å²) in [4.78, 5) is 0. The predicted octanol–water partition coefficient (Wildman–Crippen LogP) is 5.47. The second-order valence-corrected chi connectivity index (χ2v) is 6.33. The van der Waals surface area contributed by atoms with Crippen LogP contribution >= 0.6 is 0 Å². The third kappa shape index (κ3) is 3.86. The van der Waals surface area contributed by atoms with Crippen LogP contribution in [0.25, 0.3) is 0 Å². The van der Waals surface area contributed by atoms with Crippen LogP contribution in [0.15, 0.2) is 30.3 Å². The maximum Gasteiger partial charge on any atom is -0.0276 e. The fourth-order valence-electron chi connectivity index (χ4n) is 3.65. The molecule has 0 spiro atoms. The molecule has 0 aromatic heterocycles. The first-order valence-corrected chi connectivity index (χ1v) is 7.81. The molecule has 1 aromatic rings. The molecule has 0 bridgehead atoms. The van der Waals surface area contributed by atoms with Crippen LogP contribution in [0.5, 0.6) is 0 Å². The summed E-state index contributed by atoms with van der Waals surface area (Å²) < 4.78 is 0. The summed E-state index contributed by atoms with van der Waals surface area (Å²) >= 11 is 0. The first-order chi connectivity index (χ1) is 8.77. The quantitative estimate of drug-likeness (QED) is 0.644. The van der Waals surface area contributed by atoms with Gasteiger partial charge < -0.3 is 0 Å². The lowest BCUT2D eigenvalue weighted by atomic mass is 9.73. The predicted molar refractivity (Wildman–Crippen MR) is 79.7 cm³/mol. The molecule has 0 saturated heterocycles. The molecule has 1 aliphatic carbocycles. The Morgan fingerprint density at radius 3 is 2.28 bits per heavy atom. The lowest BCUT2D eigenvalue weighted by Crippen LogP contribution is -2.23. The van der Waals surface area contributed by atoms with Crippen LogP contribution in [0.1, 0.15) is 57.9 Å². The van der Waals surface area contributed by atoms with E-state index in [9.17, 15) is 0 Å². The largest absolute Gasteiger partial charge is 0.0625 e. The van der Waals surface area contributed by atoms with Crippen LogP contribution < -0.4 is 0 Å². The van der Waals surface area contributed by atoms with Gasteiger partial charge in [-0.15, -0.1) is 0 Å². The minimum absolute atomic E-state index is 0.844. The van der Waals surface area contributed by atoms with Crippen molar-refractivity contribution in [3.05, 3.63) is 35.9 Å². The van der Waals surface area contributed by atoms with Gasteiger partial charge in [-0.25, -0.2) is 0 Å². The molecule has 1 atom stereocenters. The van der Waals surface area contributed by atoms with E-state index in [2.05, 4.69) is 44.2 Å². The second kappa shape index (κ2) is 6.97. The van der Waals surface area contributed by atoms with Gasteiger partial charge in [0.1, 0.15) is 0 Å². The molecule has 0 nitrogen and oxygen atoms in total. The first kappa shape index (κ1) is 13.6. The molecule has 100 valence electrons. The van der Waals surface area contributed by atoms with Gasteiger partial charge in [0.25, 0.3) is 0 Å². The van der Waals surface area contributed by atoms with E-state index in [0.717, 1.165) is 17.8 Å². The monoisotopic (exact) mass is 244 g/mol. The maximum absolute atomic E-state index is 2.42. The minimum Gasteiger partial charge on any atom is -0.0625 e. The van der Waals surface area contributed by atoms with Gasteiger partial charge in [0.05, 0.1) is 0 Å². The van der Waals surface area contributed by atoms with Gasteiger partial charge in [0.2, 0.25) is 0 Å². The fraction of sp³-hybridized carbons (Fsp3) is 0.667. The average molecular weight is 244 g/mol. The number of hydrogen-bond donors (Lipinski definition) is 0. The zero-order chi connectivity index (χ0) is 12.8. The molecule has 0 N–H and O–H groups in total. The number of hydrogen-bond acceptors (Lipinski definition) is 0. The third-order valence-corrected chi connectivity index (χ3v) is 4.72. The van der Waals surface area contributed by atoms with Crippen molar-refractivity contribution in [2.24, 2.45) is 17.8 Å². The molecular formula is C18H28. The molecule has 1 aromatic carbocycles. The summed E-state index contributed by atoms with van der Waals surface area (Å²) in [6, 6.07) is 11.0. The van der Waals surface area contributed by atoms with E-state index in [1.54, 1.807) is 0 Å². The van der Waals surface area contributed by atoms with Crippen molar-refractivity contribution in [3.63, 3.8) is 0 Å². The van der Waals surface area contributed by atoms with Gasteiger partial charge in [0.15, 0.2) is 0 Å². The van der Waals surface area contributed by atoms with Gasteiger partial charge >= 0.3 is 0 Å². The van der Waals surface area contributed by atoms with Gasteiger partial charge in [-0.1, -0.05) is 76.3 Å². The van der Waals surface area contributed by atoms with Crippen molar-refractivity contribution < 1.29 is 0 Å². The summed E-state index contributed by atoms with van der Waals surface area (Å²) in [5.41, 5.74) is 1.51. The average Bonchev–Trinajstić information content (AvgIpc) is 2.41. The smallest absolute Gasteiger partial charge is 0.0276 e. The summed E-state index contributed by atoms with van der Waals surface area (Å²) in [5.74, 6) is 2.78. The molecule has 18 heavy (non-hydrogen) atoms. The normalized spacial score (nSPS) is 19.1. The van der Waals surface area contributed by atoms with Crippen molar-refractivity contribution in [2.75, 3.05) is 0 Å². The van der Waals surface area contributed by atoms with Gasteiger partial charge in [0, 0.05) is 0 Å². The molecule has 1 aliphatic rings. The van der Waals surface area contributed by atoms with Crippen LogP contribution in [-0.2, 0) is 6.42 Å². The molecular weight excluding hydrogens is 216 g/mol. The van der Waals surface area contributed by atoms with Crippen molar-refractivity contribution in [2.45, 2.75) is 58.8 Å². The number of benzene rings is 1. The van der Waals surface area contributed by atoms with Gasteiger partial charge in [-0.05, 0) is 36.2 Å². The van der Waals surface area contributed by atoms with Crippen molar-refractivity contribution in [3.8, 4) is 0 Å². The van der Waals surface area contributed by atoms with E-state index in [1.165, 1.54) is 50.5 Å². The fourth-order valence-corrected chi connectivity index (χ4v) is 3.65. The SMILES string of the molecule is CC(C)C(CCc1ccccc1)C1CCCCC1. The van der Waals surface area contributed by atoms with Crippen LogP contribution in [-0.4, -0.2) is 0 Å². The van der Waals surface area contributed by atoms with E-state index >= 15 is 0 Å². The Hall–Kier alpha value is -0.780. The van der Waals surface area contributed by atoms with Crippen molar-refractivity contribution >= 4 is 0 Å². The van der Waals surface area contributed by atoms with E-state index in [1.807, 2.05) is 0 Å². The van der Waals surface area contributed by atoms with Crippen molar-refractivity contribution in [1.82, 2.24) is 0 Å². The Morgan fingerprint density at radius 1 is 1.00 bits per heavy atom. The summed E-state index contributed by atoms with van der Waals surface area (Å²) in [6.45, 7) is 4.84. The number of rotatable bonds is 5. The van der Waals surface area contributed by atoms with E-state index < -0.39 is 0 Å². The molecule has 1 unspecified atom stereocenters. The van der Waals surface area contributed by atoms with E-state index in [0.29, 0.717) is 0 Å². The highest BCUT2D eigenvalue weighted by atomic mass is 14.3. The van der Waals surface area contributed by atoms with Crippen LogP contribution in [0, 0.1) is 17.8 Å². The topological polar surface area (TPSA) is 0 Å². The number of aryl methyl sites for hydroxylation is 1. The van der Waals surface area contributed by atoms with Crippen LogP contribution in [0.3, 0.4) is 0 Å². The molecule has 0 amide bonds. The lowest BCUT2D eigenvalue weighted by molar-refractivity contribution is 0.185. The zero-order valence-electron chi connectivity index (χ0n) is 12.1. The second-order valence-electron chi connectivity index (χ2n) is 6.33. The highest BCUT2D eigenvalue weighted by molar-refractivity contribution is 5.14. The first-order valence-electron chi connectivity index (χ1n) is 7.81. The molecule has 1 saturated carbocycles. The maximum atomic E-state index is 2.42. The third-order valence-electron chi connectivity index (χ3n) is 4.72. The highest BCUT2D eigenvalue weighted by Gasteiger charge is 2.25. The molecule has 0 aliphatic heterocycles. The minimum atomic E-state index is 0.844. The van der Waals surface area contributed by atoms with E-state index in [4.69, 9.17) is 0 Å². The van der Waals surface area contributed by atoms with E-state index in [-0.39, 0.29) is 0 Å². The molecule has 2 rings (SSSR count). The Labute approximate surface area is 113 Å². The van der Waals surface area contributed by atoms with Gasteiger partial charge in [-0.2, -0.15) is 0 Å². The van der Waals surface area contributed by atoms with Crippen molar-refractivity contribution in [1.29, 1.82) is 0 Å². The Bertz CT molecular complexity index is 319. The Balaban J connectivity index is 1.90. The highest BCUT2D eigenvalue weighted by Crippen LogP contribution is 2.36. The summed E-state index contributed by atoms with van der Waals surface area (Å²) in [7, 11) is 0. The summed E-state index contributed by atoms with van der Waals surface area (Å²) in [6.07, 6.45) is 10.0. The zero-order valence-corrected chi connectivity index (χ0v) is 12.1. The molecule has 0 heteroatoms. The van der Waals surface area contributed by atoms with Crippen LogP contribution in [0.4, 0.5) is 0 Å². The Morgan fingerprint density at radius 2 is 1.67 bits per heavy atom. The standard InChI is InChI=1S/C18H28/c1-15(2)18(17-11-7-4-8-12-17)14-13-16-9-5-3-6-10-16/h3,5-6,9-10,15,17-18H,4,7-8,11-14H2,1-2H3. The summed E-state index contributed by atoms with van der Waals surface area (Å²) in [5, 5.41) is 0. The van der Waals surface area contributed by atoms with Crippen LogP contribution in [0.2, 0.25) is 0 Å². The molecule has 1 fully saturated rings. The Kier molecular flexibility index (Phi) is 5.28. The molecule has 0 heterocycles. The molecule has 0 radical (unpaired) electrons. The lowest BCUT2D eigenvalue weighted by Gasteiger charge is -2.33. The van der Waals surface area contributed by atoms with Gasteiger partial charge in [-0.3, -0.25) is 0 Å².